The number of aromatic nitrogens is 2. The molecule has 1 aromatic heterocycles. The van der Waals surface area contributed by atoms with Crippen LogP contribution in [0.15, 0.2) is 6.20 Å². The van der Waals surface area contributed by atoms with E-state index in [4.69, 9.17) is 0 Å². The Morgan fingerprint density at radius 3 is 3.00 bits per heavy atom. The molecule has 2 aliphatic heterocycles. The third kappa shape index (κ3) is 2.26. The van der Waals surface area contributed by atoms with Crippen molar-refractivity contribution in [2.75, 3.05) is 17.7 Å². The van der Waals surface area contributed by atoms with Crippen LogP contribution in [0, 0.1) is 0 Å². The molecule has 7 heteroatoms. The van der Waals surface area contributed by atoms with Gasteiger partial charge in [0.1, 0.15) is 5.25 Å². The molecule has 104 valence electrons. The van der Waals surface area contributed by atoms with Crippen molar-refractivity contribution in [1.29, 1.82) is 0 Å². The maximum atomic E-state index is 12.1. The zero-order valence-corrected chi connectivity index (χ0v) is 11.9. The van der Waals surface area contributed by atoms with E-state index in [-0.39, 0.29) is 11.2 Å². The molecule has 1 N–H and O–H groups in total. The number of nitrogens with zero attached hydrogens (tertiary/aromatic N) is 3. The van der Waals surface area contributed by atoms with Crippen LogP contribution in [0.1, 0.15) is 19.0 Å². The molecule has 19 heavy (non-hydrogen) atoms. The van der Waals surface area contributed by atoms with E-state index in [1.165, 1.54) is 0 Å². The summed E-state index contributed by atoms with van der Waals surface area (Å²) in [5.41, 5.74) is 1.92. The first-order valence-corrected chi connectivity index (χ1v) is 8.09. The highest BCUT2D eigenvalue weighted by Crippen LogP contribution is 2.29. The molecule has 0 aliphatic carbocycles. The monoisotopic (exact) mass is 282 g/mol. The first-order valence-electron chi connectivity index (χ1n) is 6.47. The topological polar surface area (TPSA) is 73.2 Å². The third-order valence-electron chi connectivity index (χ3n) is 3.84. The summed E-state index contributed by atoms with van der Waals surface area (Å²) in [4.78, 5) is 13.8. The fourth-order valence-corrected chi connectivity index (χ4v) is 3.43. The Hall–Kier alpha value is -1.05. The minimum Gasteiger partial charge on any atom is -0.616 e. The molecule has 1 saturated heterocycles. The largest absolute Gasteiger partial charge is 0.616 e. The molecule has 1 aromatic rings. The lowest BCUT2D eigenvalue weighted by atomic mass is 10.2. The summed E-state index contributed by atoms with van der Waals surface area (Å²) < 4.78 is 13.5. The predicted octanol–water partition coefficient (Wildman–Crippen LogP) is -0.141. The predicted molar refractivity (Wildman–Crippen MR) is 73.4 cm³/mol. The summed E-state index contributed by atoms with van der Waals surface area (Å²) in [6, 6.07) is 0.394. The number of hydrogen-bond donors (Lipinski definition) is 1. The van der Waals surface area contributed by atoms with Gasteiger partial charge in [-0.25, -0.2) is 0 Å². The molecule has 3 rings (SSSR count). The second kappa shape index (κ2) is 4.81. The van der Waals surface area contributed by atoms with Gasteiger partial charge in [-0.1, -0.05) is 11.2 Å². The average Bonchev–Trinajstić information content (AvgIpc) is 2.92. The summed E-state index contributed by atoms with van der Waals surface area (Å²) in [6.45, 7) is 4.19. The van der Waals surface area contributed by atoms with E-state index in [0.717, 1.165) is 24.5 Å². The second-order valence-electron chi connectivity index (χ2n) is 5.27. The van der Waals surface area contributed by atoms with Crippen LogP contribution in [0.3, 0.4) is 0 Å². The molecule has 3 atom stereocenters. The molecule has 0 saturated carbocycles. The lowest BCUT2D eigenvalue weighted by molar-refractivity contribution is -0.117. The Labute approximate surface area is 115 Å². The zero-order chi connectivity index (χ0) is 13.6. The van der Waals surface area contributed by atoms with Crippen molar-refractivity contribution in [3.63, 3.8) is 0 Å². The summed E-state index contributed by atoms with van der Waals surface area (Å²) in [5.74, 6) is 0.0506. The number of carbonyl (C=O) groups excluding carboxylic acids is 1. The Kier molecular flexibility index (Phi) is 3.28. The quantitative estimate of drug-likeness (QED) is 0.766. The van der Waals surface area contributed by atoms with Crippen molar-refractivity contribution >= 4 is 22.8 Å². The van der Waals surface area contributed by atoms with Crippen molar-refractivity contribution in [2.24, 2.45) is 0 Å². The van der Waals surface area contributed by atoms with Crippen molar-refractivity contribution in [1.82, 2.24) is 15.1 Å². The van der Waals surface area contributed by atoms with Gasteiger partial charge in [0.25, 0.3) is 0 Å². The number of fused-ring (bicyclic) bond motifs is 1. The Morgan fingerprint density at radius 1 is 1.53 bits per heavy atom. The molecule has 0 spiro atoms. The van der Waals surface area contributed by atoms with Gasteiger partial charge >= 0.3 is 0 Å². The van der Waals surface area contributed by atoms with Gasteiger partial charge in [0.2, 0.25) is 5.91 Å². The summed E-state index contributed by atoms with van der Waals surface area (Å²) in [6.07, 6.45) is 3.80. The molecule has 3 heterocycles. The van der Waals surface area contributed by atoms with Gasteiger partial charge in [-0.05, 0) is 6.92 Å². The van der Waals surface area contributed by atoms with Crippen LogP contribution in [-0.2, 0) is 29.1 Å². The van der Waals surface area contributed by atoms with Gasteiger partial charge in [0.15, 0.2) is 0 Å². The molecular weight excluding hydrogens is 264 g/mol. The molecule has 6 nitrogen and oxygen atoms in total. The number of carbonyl (C=O) groups is 1. The zero-order valence-electron chi connectivity index (χ0n) is 11.1. The van der Waals surface area contributed by atoms with Crippen LogP contribution in [0.2, 0.25) is 0 Å². The standard InChI is InChI=1S/C12H18N4O2S/c1-8-6-16-11(4-13-8)10(5-14-16)15-7-9(19(2)18)3-12(15)17/h5,8-9,13H,3-4,6-7H2,1-2H3/t8-,9?,19?/m0/s1. The van der Waals surface area contributed by atoms with Crippen LogP contribution in [0.5, 0.6) is 0 Å². The normalized spacial score (nSPS) is 28.6. The fraction of sp³-hybridized carbons (Fsp3) is 0.667. The second-order valence-corrected chi connectivity index (χ2v) is 6.93. The lowest BCUT2D eigenvalue weighted by Crippen LogP contribution is -2.38. The highest BCUT2D eigenvalue weighted by Gasteiger charge is 2.38. The average molecular weight is 282 g/mol. The SMILES string of the molecule is C[C@H]1Cn2ncc(N3CC([S+](C)[O-])CC3=O)c2CN1. The van der Waals surface area contributed by atoms with Crippen molar-refractivity contribution in [2.45, 2.75) is 37.7 Å². The number of hydrogen-bond acceptors (Lipinski definition) is 4. The van der Waals surface area contributed by atoms with Crippen LogP contribution in [0.25, 0.3) is 0 Å². The van der Waals surface area contributed by atoms with Crippen LogP contribution < -0.4 is 10.2 Å². The van der Waals surface area contributed by atoms with Gasteiger partial charge in [-0.2, -0.15) is 5.10 Å². The van der Waals surface area contributed by atoms with Gasteiger partial charge < -0.3 is 14.8 Å². The summed E-state index contributed by atoms with van der Waals surface area (Å²) in [5, 5.41) is 7.68. The maximum Gasteiger partial charge on any atom is 0.232 e. The van der Waals surface area contributed by atoms with Gasteiger partial charge in [0, 0.05) is 12.6 Å². The smallest absolute Gasteiger partial charge is 0.232 e. The lowest BCUT2D eigenvalue weighted by Gasteiger charge is -2.24. The van der Waals surface area contributed by atoms with E-state index < -0.39 is 11.2 Å². The van der Waals surface area contributed by atoms with Crippen LogP contribution >= 0.6 is 0 Å². The summed E-state index contributed by atoms with van der Waals surface area (Å²) in [7, 11) is 0. The van der Waals surface area contributed by atoms with E-state index in [1.807, 2.05) is 4.68 Å². The number of nitrogens with one attached hydrogen (secondary N) is 1. The first kappa shape index (κ1) is 13.0. The highest BCUT2D eigenvalue weighted by atomic mass is 32.2. The van der Waals surface area contributed by atoms with Gasteiger partial charge in [0.05, 0.1) is 43.3 Å². The van der Waals surface area contributed by atoms with E-state index >= 15 is 0 Å². The van der Waals surface area contributed by atoms with Crippen LogP contribution in [-0.4, -0.2) is 44.3 Å². The first-order chi connectivity index (χ1) is 9.06. The Balaban J connectivity index is 1.86. The molecule has 0 radical (unpaired) electrons. The molecule has 2 aliphatic rings. The number of anilines is 1. The van der Waals surface area contributed by atoms with Crippen molar-refractivity contribution in [3.8, 4) is 0 Å². The minimum absolute atomic E-state index is 0.0506. The van der Waals surface area contributed by atoms with E-state index in [2.05, 4.69) is 17.3 Å². The third-order valence-corrected chi connectivity index (χ3v) is 5.10. The molecule has 0 aromatic carbocycles. The van der Waals surface area contributed by atoms with Gasteiger partial charge in [-0.3, -0.25) is 9.48 Å². The number of amides is 1. The summed E-state index contributed by atoms with van der Waals surface area (Å²) >= 11 is -0.957. The van der Waals surface area contributed by atoms with E-state index in [0.29, 0.717) is 19.0 Å². The molecule has 1 amide bonds. The van der Waals surface area contributed by atoms with Crippen molar-refractivity contribution < 1.29 is 9.35 Å². The fourth-order valence-electron chi connectivity index (χ4n) is 2.69. The van der Waals surface area contributed by atoms with E-state index in [9.17, 15) is 9.35 Å². The molecule has 1 fully saturated rings. The van der Waals surface area contributed by atoms with Crippen molar-refractivity contribution in [3.05, 3.63) is 11.9 Å². The molecule has 0 bridgehead atoms. The molecule has 2 unspecified atom stereocenters. The van der Waals surface area contributed by atoms with Gasteiger partial charge in [-0.15, -0.1) is 0 Å². The Bertz CT molecular complexity index is 502. The Morgan fingerprint density at radius 2 is 2.32 bits per heavy atom. The van der Waals surface area contributed by atoms with Crippen LogP contribution in [0.4, 0.5) is 5.69 Å². The molecular formula is C12H18N4O2S. The maximum absolute atomic E-state index is 12.1. The minimum atomic E-state index is -0.957. The van der Waals surface area contributed by atoms with E-state index in [1.54, 1.807) is 17.4 Å². The number of rotatable bonds is 2. The highest BCUT2D eigenvalue weighted by molar-refractivity contribution is 7.91.